The van der Waals surface area contributed by atoms with Gasteiger partial charge in [0.2, 0.25) is 0 Å². The van der Waals surface area contributed by atoms with Crippen LogP contribution >= 0.6 is 0 Å². The highest BCUT2D eigenvalue weighted by Crippen LogP contribution is 2.08. The molecule has 0 N–H and O–H groups in total. The minimum absolute atomic E-state index is 0.265. The summed E-state index contributed by atoms with van der Waals surface area (Å²) >= 11 is 0. The zero-order chi connectivity index (χ0) is 6.91. The van der Waals surface area contributed by atoms with Gasteiger partial charge >= 0.3 is 10.4 Å². The van der Waals surface area contributed by atoms with Crippen LogP contribution in [0.25, 0.3) is 0 Å². The Bertz CT molecular complexity index is 221. The van der Waals surface area contributed by atoms with Gasteiger partial charge in [0.1, 0.15) is 6.26 Å². The number of rotatable bonds is 1. The van der Waals surface area contributed by atoms with E-state index < -0.39 is 10.4 Å². The van der Waals surface area contributed by atoms with Crippen LogP contribution in [0.4, 0.5) is 3.89 Å². The van der Waals surface area contributed by atoms with Crippen LogP contribution in [0, 0.1) is 0 Å². The summed E-state index contributed by atoms with van der Waals surface area (Å²) in [5.74, 6) is 0. The quantitative estimate of drug-likeness (QED) is 0.496. The van der Waals surface area contributed by atoms with Crippen LogP contribution in [0.15, 0.2) is 12.5 Å². The van der Waals surface area contributed by atoms with Crippen LogP contribution in [-0.2, 0) is 15.1 Å². The summed E-state index contributed by atoms with van der Waals surface area (Å²) in [6, 6.07) is 0. The van der Waals surface area contributed by atoms with Gasteiger partial charge in [-0.2, -0.15) is 8.42 Å². The summed E-state index contributed by atoms with van der Waals surface area (Å²) in [6.45, 7) is -0.265. The van der Waals surface area contributed by atoms with Gasteiger partial charge in [0.25, 0.3) is 0 Å². The van der Waals surface area contributed by atoms with Gasteiger partial charge in [-0.1, -0.05) is 3.89 Å². The van der Waals surface area contributed by atoms with E-state index in [1.807, 2.05) is 0 Å². The first kappa shape index (κ1) is 6.34. The molecule has 1 rings (SSSR count). The zero-order valence-corrected chi connectivity index (χ0v) is 5.14. The lowest BCUT2D eigenvalue weighted by atomic mass is 11.0. The Balaban J connectivity index is 2.76. The summed E-state index contributed by atoms with van der Waals surface area (Å²) in [7, 11) is -4.58. The lowest BCUT2D eigenvalue weighted by Gasteiger charge is -2.04. The van der Waals surface area contributed by atoms with Gasteiger partial charge in [0.15, 0.2) is 6.73 Å². The number of hydrogen-bond donors (Lipinski definition) is 0. The monoisotopic (exact) mass is 153 g/mol. The molecule has 1 aliphatic heterocycles. The highest BCUT2D eigenvalue weighted by molar-refractivity contribution is 7.84. The molecule has 0 aliphatic carbocycles. The van der Waals surface area contributed by atoms with Crippen molar-refractivity contribution in [1.29, 1.82) is 0 Å². The molecule has 0 aromatic heterocycles. The third-order valence-corrected chi connectivity index (χ3v) is 1.59. The van der Waals surface area contributed by atoms with Crippen molar-refractivity contribution in [1.82, 2.24) is 4.31 Å². The summed E-state index contributed by atoms with van der Waals surface area (Å²) in [4.78, 5) is 0. The molecule has 0 fully saturated rings. The Hall–Kier alpha value is -0.780. The predicted octanol–water partition coefficient (Wildman–Crippen LogP) is -0.0384. The molecule has 1 aliphatic rings. The van der Waals surface area contributed by atoms with Gasteiger partial charge in [0.05, 0.1) is 6.20 Å². The second-order valence-electron chi connectivity index (χ2n) is 1.41. The molecule has 0 amide bonds. The third kappa shape index (κ3) is 1.32. The maximum Gasteiger partial charge on any atom is 0.401 e. The molecule has 0 aromatic carbocycles. The van der Waals surface area contributed by atoms with Crippen LogP contribution in [-0.4, -0.2) is 19.5 Å². The van der Waals surface area contributed by atoms with E-state index >= 15 is 0 Å². The van der Waals surface area contributed by atoms with Crippen molar-refractivity contribution in [3.05, 3.63) is 12.5 Å². The van der Waals surface area contributed by atoms with Crippen molar-refractivity contribution in [3.63, 3.8) is 0 Å². The standard InChI is InChI=1S/C3H4FNO3S/c4-9(6,7)5-1-2-8-3-5/h1-2H,3H2. The highest BCUT2D eigenvalue weighted by atomic mass is 32.3. The largest absolute Gasteiger partial charge is 0.478 e. The molecular formula is C3H4FNO3S. The Morgan fingerprint density at radius 2 is 2.33 bits per heavy atom. The second kappa shape index (κ2) is 1.87. The van der Waals surface area contributed by atoms with Crippen LogP contribution in [0.1, 0.15) is 0 Å². The molecule has 0 saturated carbocycles. The van der Waals surface area contributed by atoms with Gasteiger partial charge in [-0.15, -0.1) is 0 Å². The van der Waals surface area contributed by atoms with E-state index in [1.165, 1.54) is 0 Å². The first-order chi connectivity index (χ1) is 4.11. The minimum Gasteiger partial charge on any atom is -0.478 e. The van der Waals surface area contributed by atoms with Crippen LogP contribution in [0.3, 0.4) is 0 Å². The van der Waals surface area contributed by atoms with Gasteiger partial charge in [-0.05, 0) is 0 Å². The third-order valence-electron chi connectivity index (χ3n) is 0.805. The van der Waals surface area contributed by atoms with E-state index in [2.05, 4.69) is 4.74 Å². The topological polar surface area (TPSA) is 46.6 Å². The molecule has 0 radical (unpaired) electrons. The predicted molar refractivity (Wildman–Crippen MR) is 27.0 cm³/mol. The SMILES string of the molecule is O=S(=O)(F)N1C=COC1. The average Bonchev–Trinajstić information content (AvgIpc) is 2.08. The summed E-state index contributed by atoms with van der Waals surface area (Å²) in [5.41, 5.74) is 0. The fourth-order valence-corrected chi connectivity index (χ4v) is 0.788. The molecule has 0 spiro atoms. The van der Waals surface area contributed by atoms with Gasteiger partial charge in [-0.25, -0.2) is 4.31 Å². The Labute approximate surface area is 51.9 Å². The maximum atomic E-state index is 11.9. The zero-order valence-electron chi connectivity index (χ0n) is 4.32. The Morgan fingerprint density at radius 3 is 2.56 bits per heavy atom. The summed E-state index contributed by atoms with van der Waals surface area (Å²) in [6.07, 6.45) is 2.12. The number of hydrogen-bond acceptors (Lipinski definition) is 3. The number of halogens is 1. The lowest BCUT2D eigenvalue weighted by Crippen LogP contribution is -2.19. The van der Waals surface area contributed by atoms with Crippen molar-refractivity contribution < 1.29 is 17.0 Å². The van der Waals surface area contributed by atoms with Crippen molar-refractivity contribution in [2.45, 2.75) is 0 Å². The number of nitrogens with zero attached hydrogens (tertiary/aromatic N) is 1. The van der Waals surface area contributed by atoms with Crippen molar-refractivity contribution in [2.24, 2.45) is 0 Å². The molecule has 0 unspecified atom stereocenters. The van der Waals surface area contributed by atoms with Crippen molar-refractivity contribution in [3.8, 4) is 0 Å². The van der Waals surface area contributed by atoms with E-state index in [1.54, 1.807) is 0 Å². The molecule has 1 heterocycles. The lowest BCUT2D eigenvalue weighted by molar-refractivity contribution is 0.217. The summed E-state index contributed by atoms with van der Waals surface area (Å²) in [5, 5.41) is 0. The van der Waals surface area contributed by atoms with Gasteiger partial charge in [-0.3, -0.25) is 0 Å². The van der Waals surface area contributed by atoms with E-state index in [-0.39, 0.29) is 6.73 Å². The van der Waals surface area contributed by atoms with E-state index in [0.29, 0.717) is 4.31 Å². The first-order valence-corrected chi connectivity index (χ1v) is 3.44. The summed E-state index contributed by atoms with van der Waals surface area (Å²) < 4.78 is 36.6. The maximum absolute atomic E-state index is 11.9. The fraction of sp³-hybridized carbons (Fsp3) is 0.333. The van der Waals surface area contributed by atoms with Gasteiger partial charge in [0, 0.05) is 0 Å². The first-order valence-electron chi connectivity index (χ1n) is 2.10. The number of ether oxygens (including phenoxy) is 1. The van der Waals surface area contributed by atoms with E-state index in [4.69, 9.17) is 0 Å². The van der Waals surface area contributed by atoms with E-state index in [9.17, 15) is 12.3 Å². The Morgan fingerprint density at radius 1 is 1.67 bits per heavy atom. The molecular weight excluding hydrogens is 149 g/mol. The van der Waals surface area contributed by atoms with Crippen LogP contribution < -0.4 is 0 Å². The Kier molecular flexibility index (Phi) is 1.32. The molecule has 0 aromatic rings. The van der Waals surface area contributed by atoms with E-state index in [0.717, 1.165) is 12.5 Å². The molecule has 52 valence electrons. The van der Waals surface area contributed by atoms with Crippen LogP contribution in [0.5, 0.6) is 0 Å². The van der Waals surface area contributed by atoms with Crippen LogP contribution in [0.2, 0.25) is 0 Å². The average molecular weight is 153 g/mol. The van der Waals surface area contributed by atoms with Gasteiger partial charge < -0.3 is 4.74 Å². The normalized spacial score (nSPS) is 18.1. The van der Waals surface area contributed by atoms with Crippen molar-refractivity contribution in [2.75, 3.05) is 6.73 Å². The van der Waals surface area contributed by atoms with Crippen molar-refractivity contribution >= 4 is 10.4 Å². The molecule has 6 heteroatoms. The molecule has 0 saturated heterocycles. The highest BCUT2D eigenvalue weighted by Gasteiger charge is 2.19. The fourth-order valence-electron chi connectivity index (χ4n) is 0.406. The second-order valence-corrected chi connectivity index (χ2v) is 2.70. The minimum atomic E-state index is -4.58. The molecule has 0 bridgehead atoms. The molecule has 4 nitrogen and oxygen atoms in total. The smallest absolute Gasteiger partial charge is 0.401 e. The molecule has 0 atom stereocenters. The molecule has 9 heavy (non-hydrogen) atoms.